The van der Waals surface area contributed by atoms with Gasteiger partial charge in [-0.25, -0.2) is 0 Å². The van der Waals surface area contributed by atoms with Gasteiger partial charge in [-0.05, 0) is 37.2 Å². The van der Waals surface area contributed by atoms with E-state index in [1.807, 2.05) is 42.5 Å². The molecule has 5 nitrogen and oxygen atoms in total. The Morgan fingerprint density at radius 3 is 2.82 bits per heavy atom. The number of hydrogen-bond acceptors (Lipinski definition) is 5. The van der Waals surface area contributed by atoms with Crippen molar-refractivity contribution in [1.29, 1.82) is 0 Å². The molecule has 3 heterocycles. The van der Waals surface area contributed by atoms with E-state index in [4.69, 9.17) is 8.83 Å². The SMILES string of the molecule is c1ccc(-c2nnc(C3CCN(Cc4ccco4)C3)o2)cc1. The van der Waals surface area contributed by atoms with Crippen LogP contribution in [0.5, 0.6) is 0 Å². The van der Waals surface area contributed by atoms with Crippen LogP contribution in [-0.2, 0) is 6.54 Å². The van der Waals surface area contributed by atoms with Gasteiger partial charge < -0.3 is 8.83 Å². The maximum absolute atomic E-state index is 5.86. The second kappa shape index (κ2) is 5.77. The summed E-state index contributed by atoms with van der Waals surface area (Å²) < 4.78 is 11.3. The summed E-state index contributed by atoms with van der Waals surface area (Å²) in [5.74, 6) is 2.64. The van der Waals surface area contributed by atoms with Gasteiger partial charge in [0.2, 0.25) is 11.8 Å². The van der Waals surface area contributed by atoms with Crippen LogP contribution in [0.25, 0.3) is 11.5 Å². The van der Waals surface area contributed by atoms with E-state index in [1.165, 1.54) is 0 Å². The van der Waals surface area contributed by atoms with Crippen LogP contribution in [0, 0.1) is 0 Å². The molecule has 3 aromatic rings. The second-order valence-corrected chi connectivity index (χ2v) is 5.61. The Morgan fingerprint density at radius 1 is 1.09 bits per heavy atom. The number of aromatic nitrogens is 2. The number of nitrogens with zero attached hydrogens (tertiary/aromatic N) is 3. The summed E-state index contributed by atoms with van der Waals surface area (Å²) in [5, 5.41) is 8.42. The molecule has 1 fully saturated rings. The van der Waals surface area contributed by atoms with Gasteiger partial charge in [0.25, 0.3) is 0 Å². The Hall–Kier alpha value is -2.40. The van der Waals surface area contributed by atoms with Gasteiger partial charge in [-0.1, -0.05) is 18.2 Å². The third-order valence-electron chi connectivity index (χ3n) is 4.04. The number of likely N-dealkylation sites (tertiary alicyclic amines) is 1. The molecular weight excluding hydrogens is 278 g/mol. The smallest absolute Gasteiger partial charge is 0.247 e. The normalized spacial score (nSPS) is 18.8. The molecule has 112 valence electrons. The first-order chi connectivity index (χ1) is 10.9. The molecule has 0 amide bonds. The zero-order valence-electron chi connectivity index (χ0n) is 12.2. The predicted octanol–water partition coefficient (Wildman–Crippen LogP) is 3.32. The van der Waals surface area contributed by atoms with Crippen molar-refractivity contribution in [3.05, 3.63) is 60.4 Å². The van der Waals surface area contributed by atoms with E-state index in [0.717, 1.165) is 43.3 Å². The average Bonchev–Trinajstić information content (AvgIpc) is 3.30. The highest BCUT2D eigenvalue weighted by molar-refractivity contribution is 5.51. The molecule has 22 heavy (non-hydrogen) atoms. The molecule has 0 radical (unpaired) electrons. The molecule has 0 bridgehead atoms. The van der Waals surface area contributed by atoms with Gasteiger partial charge in [0, 0.05) is 12.1 Å². The van der Waals surface area contributed by atoms with Crippen LogP contribution in [0.15, 0.2) is 57.6 Å². The average molecular weight is 295 g/mol. The molecule has 0 saturated carbocycles. The van der Waals surface area contributed by atoms with Gasteiger partial charge >= 0.3 is 0 Å². The number of benzene rings is 1. The first-order valence-corrected chi connectivity index (χ1v) is 7.52. The van der Waals surface area contributed by atoms with Crippen molar-refractivity contribution >= 4 is 0 Å². The van der Waals surface area contributed by atoms with Crippen molar-refractivity contribution in [2.45, 2.75) is 18.9 Å². The first kappa shape index (κ1) is 13.3. The van der Waals surface area contributed by atoms with Gasteiger partial charge in [-0.15, -0.1) is 10.2 Å². The van der Waals surface area contributed by atoms with Gasteiger partial charge in [0.05, 0.1) is 18.7 Å². The van der Waals surface area contributed by atoms with Crippen LogP contribution in [-0.4, -0.2) is 28.2 Å². The lowest BCUT2D eigenvalue weighted by atomic mass is 10.1. The highest BCUT2D eigenvalue weighted by Crippen LogP contribution is 2.29. The van der Waals surface area contributed by atoms with Crippen molar-refractivity contribution in [2.24, 2.45) is 0 Å². The molecule has 1 aliphatic rings. The Bertz CT molecular complexity index is 721. The third-order valence-corrected chi connectivity index (χ3v) is 4.04. The summed E-state index contributed by atoms with van der Waals surface area (Å²) in [5.41, 5.74) is 0.965. The predicted molar refractivity (Wildman–Crippen MR) is 81.1 cm³/mol. The van der Waals surface area contributed by atoms with Crippen molar-refractivity contribution in [1.82, 2.24) is 15.1 Å². The minimum atomic E-state index is 0.305. The van der Waals surface area contributed by atoms with Crippen LogP contribution < -0.4 is 0 Å². The molecule has 1 aromatic carbocycles. The van der Waals surface area contributed by atoms with E-state index in [0.29, 0.717) is 11.8 Å². The number of hydrogen-bond donors (Lipinski definition) is 0. The van der Waals surface area contributed by atoms with Gasteiger partial charge in [-0.3, -0.25) is 4.90 Å². The lowest BCUT2D eigenvalue weighted by Gasteiger charge is -2.12. The Balaban J connectivity index is 1.44. The topological polar surface area (TPSA) is 55.3 Å². The lowest BCUT2D eigenvalue weighted by Crippen LogP contribution is -2.19. The Morgan fingerprint density at radius 2 is 2.00 bits per heavy atom. The van der Waals surface area contributed by atoms with E-state index >= 15 is 0 Å². The monoisotopic (exact) mass is 295 g/mol. The summed E-state index contributed by atoms with van der Waals surface area (Å²) in [4.78, 5) is 2.36. The van der Waals surface area contributed by atoms with Gasteiger partial charge in [0.15, 0.2) is 0 Å². The molecule has 1 aliphatic heterocycles. The van der Waals surface area contributed by atoms with Gasteiger partial charge in [-0.2, -0.15) is 0 Å². The fourth-order valence-electron chi connectivity index (χ4n) is 2.90. The zero-order chi connectivity index (χ0) is 14.8. The molecule has 4 rings (SSSR count). The summed E-state index contributed by atoms with van der Waals surface area (Å²) in [6.45, 7) is 2.79. The number of rotatable bonds is 4. The van der Waals surface area contributed by atoms with Crippen LogP contribution in [0.3, 0.4) is 0 Å². The van der Waals surface area contributed by atoms with E-state index in [2.05, 4.69) is 15.1 Å². The van der Waals surface area contributed by atoms with Gasteiger partial charge in [0.1, 0.15) is 5.76 Å². The van der Waals surface area contributed by atoms with E-state index in [9.17, 15) is 0 Å². The first-order valence-electron chi connectivity index (χ1n) is 7.52. The molecular formula is C17H17N3O2. The fraction of sp³-hybridized carbons (Fsp3) is 0.294. The maximum Gasteiger partial charge on any atom is 0.247 e. The largest absolute Gasteiger partial charge is 0.468 e. The lowest BCUT2D eigenvalue weighted by molar-refractivity contribution is 0.290. The number of furan rings is 1. The van der Waals surface area contributed by atoms with E-state index < -0.39 is 0 Å². The molecule has 1 unspecified atom stereocenters. The zero-order valence-corrected chi connectivity index (χ0v) is 12.2. The summed E-state index contributed by atoms with van der Waals surface area (Å²) in [6, 6.07) is 13.8. The van der Waals surface area contributed by atoms with Crippen molar-refractivity contribution < 1.29 is 8.83 Å². The second-order valence-electron chi connectivity index (χ2n) is 5.61. The fourth-order valence-corrected chi connectivity index (χ4v) is 2.90. The van der Waals surface area contributed by atoms with Crippen LogP contribution in [0.2, 0.25) is 0 Å². The van der Waals surface area contributed by atoms with Crippen LogP contribution in [0.4, 0.5) is 0 Å². The third kappa shape index (κ3) is 2.67. The standard InChI is InChI=1S/C17H17N3O2/c1-2-5-13(6-3-1)16-18-19-17(22-16)14-8-9-20(11-14)12-15-7-4-10-21-15/h1-7,10,14H,8-9,11-12H2. The molecule has 0 spiro atoms. The highest BCUT2D eigenvalue weighted by atomic mass is 16.4. The van der Waals surface area contributed by atoms with E-state index in [-0.39, 0.29) is 0 Å². The van der Waals surface area contributed by atoms with Crippen molar-refractivity contribution in [2.75, 3.05) is 13.1 Å². The quantitative estimate of drug-likeness (QED) is 0.739. The van der Waals surface area contributed by atoms with Crippen molar-refractivity contribution in [3.8, 4) is 11.5 Å². The summed E-state index contributed by atoms with van der Waals surface area (Å²) in [7, 11) is 0. The van der Waals surface area contributed by atoms with Crippen LogP contribution in [0.1, 0.15) is 24.0 Å². The molecule has 2 aromatic heterocycles. The minimum absolute atomic E-state index is 0.305. The molecule has 1 atom stereocenters. The summed E-state index contributed by atoms with van der Waals surface area (Å²) >= 11 is 0. The Labute approximate surface area is 128 Å². The summed E-state index contributed by atoms with van der Waals surface area (Å²) in [6.07, 6.45) is 2.75. The molecule has 0 aliphatic carbocycles. The highest BCUT2D eigenvalue weighted by Gasteiger charge is 2.28. The van der Waals surface area contributed by atoms with Crippen molar-refractivity contribution in [3.63, 3.8) is 0 Å². The van der Waals surface area contributed by atoms with E-state index in [1.54, 1.807) is 6.26 Å². The Kier molecular flexibility index (Phi) is 3.48. The maximum atomic E-state index is 5.86. The molecule has 5 heteroatoms. The molecule has 0 N–H and O–H groups in total. The molecule has 1 saturated heterocycles. The van der Waals surface area contributed by atoms with Crippen LogP contribution >= 0.6 is 0 Å². The minimum Gasteiger partial charge on any atom is -0.468 e.